The second-order valence-electron chi connectivity index (χ2n) is 3.18. The summed E-state index contributed by atoms with van der Waals surface area (Å²) in [6, 6.07) is 9.94. The average molecular weight is 187 g/mol. The number of nitrogens with one attached hydrogen (secondary N) is 1. The molecule has 72 valence electrons. The Hall–Kier alpha value is -1.45. The van der Waals surface area contributed by atoms with Gasteiger partial charge in [-0.1, -0.05) is 18.2 Å². The molecule has 0 saturated carbocycles. The van der Waals surface area contributed by atoms with Crippen LogP contribution in [-0.4, -0.2) is 12.0 Å². The van der Waals surface area contributed by atoms with Gasteiger partial charge in [0.1, 0.15) is 0 Å². The molecule has 0 aliphatic rings. The van der Waals surface area contributed by atoms with Crippen LogP contribution in [0.1, 0.15) is 11.7 Å². The molecule has 0 radical (unpaired) electrons. The quantitative estimate of drug-likeness (QED) is 0.699. The molecule has 0 aliphatic carbocycles. The summed E-state index contributed by atoms with van der Waals surface area (Å²) in [5.74, 6) is 0. The minimum Gasteiger partial charge on any atom is -0.312 e. The first kappa shape index (κ1) is 9.12. The van der Waals surface area contributed by atoms with Crippen LogP contribution < -0.4 is 11.1 Å². The number of benzene rings is 1. The van der Waals surface area contributed by atoms with Crippen LogP contribution >= 0.6 is 0 Å². The number of fused-ring (bicyclic) bond motifs is 1. The van der Waals surface area contributed by atoms with Gasteiger partial charge >= 0.3 is 0 Å². The van der Waals surface area contributed by atoms with Crippen molar-refractivity contribution >= 4 is 10.9 Å². The average Bonchev–Trinajstić information content (AvgIpc) is 2.27. The minimum absolute atomic E-state index is 0.136. The van der Waals surface area contributed by atoms with Crippen LogP contribution in [0.3, 0.4) is 0 Å². The second kappa shape index (κ2) is 3.74. The van der Waals surface area contributed by atoms with E-state index in [0.29, 0.717) is 0 Å². The van der Waals surface area contributed by atoms with Crippen molar-refractivity contribution in [2.75, 3.05) is 7.05 Å². The van der Waals surface area contributed by atoms with Gasteiger partial charge in [-0.2, -0.15) is 0 Å². The fraction of sp³-hybridized carbons (Fsp3) is 0.182. The molecule has 1 aromatic heterocycles. The van der Waals surface area contributed by atoms with E-state index in [1.165, 1.54) is 0 Å². The van der Waals surface area contributed by atoms with Crippen LogP contribution in [0.15, 0.2) is 36.5 Å². The van der Waals surface area contributed by atoms with Crippen molar-refractivity contribution in [2.24, 2.45) is 5.73 Å². The van der Waals surface area contributed by atoms with Gasteiger partial charge in [0.15, 0.2) is 0 Å². The van der Waals surface area contributed by atoms with Crippen molar-refractivity contribution in [2.45, 2.75) is 6.17 Å². The van der Waals surface area contributed by atoms with Gasteiger partial charge in [-0.3, -0.25) is 4.98 Å². The highest BCUT2D eigenvalue weighted by molar-refractivity contribution is 5.82. The Morgan fingerprint density at radius 1 is 1.29 bits per heavy atom. The molecule has 3 heteroatoms. The topological polar surface area (TPSA) is 50.9 Å². The lowest BCUT2D eigenvalue weighted by atomic mass is 10.1. The highest BCUT2D eigenvalue weighted by Gasteiger charge is 2.06. The summed E-state index contributed by atoms with van der Waals surface area (Å²) in [5.41, 5.74) is 7.99. The normalized spacial score (nSPS) is 13.0. The Morgan fingerprint density at radius 3 is 2.93 bits per heavy atom. The number of hydrogen-bond donors (Lipinski definition) is 2. The molecule has 1 heterocycles. The number of aromatic nitrogens is 1. The molecule has 14 heavy (non-hydrogen) atoms. The van der Waals surface area contributed by atoms with Gasteiger partial charge in [0.25, 0.3) is 0 Å². The van der Waals surface area contributed by atoms with E-state index in [-0.39, 0.29) is 6.17 Å². The Kier molecular flexibility index (Phi) is 2.43. The maximum atomic E-state index is 5.92. The Labute approximate surface area is 83.0 Å². The second-order valence-corrected chi connectivity index (χ2v) is 3.18. The van der Waals surface area contributed by atoms with Gasteiger partial charge in [-0.25, -0.2) is 0 Å². The van der Waals surface area contributed by atoms with Crippen LogP contribution in [0.4, 0.5) is 0 Å². The zero-order valence-electron chi connectivity index (χ0n) is 8.07. The molecule has 2 aromatic rings. The number of hydrogen-bond acceptors (Lipinski definition) is 3. The van der Waals surface area contributed by atoms with Gasteiger partial charge in [0.2, 0.25) is 0 Å². The molecule has 0 aliphatic heterocycles. The Balaban J connectivity index is 2.65. The molecule has 1 aromatic carbocycles. The summed E-state index contributed by atoms with van der Waals surface area (Å²) in [6.07, 6.45) is 1.65. The number of nitrogens with zero attached hydrogens (tertiary/aromatic N) is 1. The van der Waals surface area contributed by atoms with Gasteiger partial charge in [-0.05, 0) is 24.7 Å². The van der Waals surface area contributed by atoms with E-state index in [2.05, 4.69) is 10.3 Å². The fourth-order valence-electron chi connectivity index (χ4n) is 1.55. The van der Waals surface area contributed by atoms with E-state index in [1.807, 2.05) is 37.4 Å². The molecule has 0 amide bonds. The van der Waals surface area contributed by atoms with Crippen LogP contribution in [-0.2, 0) is 0 Å². The highest BCUT2D eigenvalue weighted by Crippen LogP contribution is 2.19. The van der Waals surface area contributed by atoms with Crippen LogP contribution in [0.25, 0.3) is 10.9 Å². The summed E-state index contributed by atoms with van der Waals surface area (Å²) in [7, 11) is 1.85. The third-order valence-corrected chi connectivity index (χ3v) is 2.33. The SMILES string of the molecule is CNC(N)c1cccc2ncccc12. The van der Waals surface area contributed by atoms with Crippen LogP contribution in [0.5, 0.6) is 0 Å². The number of nitrogens with two attached hydrogens (primary N) is 1. The molecule has 1 unspecified atom stereocenters. The molecule has 2 rings (SSSR count). The smallest absolute Gasteiger partial charge is 0.0814 e. The largest absolute Gasteiger partial charge is 0.312 e. The van der Waals surface area contributed by atoms with E-state index in [9.17, 15) is 0 Å². The first-order chi connectivity index (χ1) is 6.83. The summed E-state index contributed by atoms with van der Waals surface area (Å²) in [5, 5.41) is 4.13. The van der Waals surface area contributed by atoms with E-state index in [0.717, 1.165) is 16.5 Å². The van der Waals surface area contributed by atoms with Crippen molar-refractivity contribution in [3.8, 4) is 0 Å². The first-order valence-electron chi connectivity index (χ1n) is 4.59. The van der Waals surface area contributed by atoms with E-state index in [4.69, 9.17) is 5.73 Å². The predicted molar refractivity (Wildman–Crippen MR) is 57.7 cm³/mol. The molecule has 3 nitrogen and oxygen atoms in total. The summed E-state index contributed by atoms with van der Waals surface area (Å²) >= 11 is 0. The standard InChI is InChI=1S/C11H13N3/c1-13-11(12)9-4-2-6-10-8(9)5-3-7-14-10/h2-7,11,13H,12H2,1H3. The lowest BCUT2D eigenvalue weighted by Gasteiger charge is -2.12. The zero-order chi connectivity index (χ0) is 9.97. The molecule has 0 spiro atoms. The molecule has 1 atom stereocenters. The van der Waals surface area contributed by atoms with E-state index >= 15 is 0 Å². The van der Waals surface area contributed by atoms with Crippen molar-refractivity contribution in [3.05, 3.63) is 42.1 Å². The number of pyridine rings is 1. The van der Waals surface area contributed by atoms with Gasteiger partial charge in [0, 0.05) is 11.6 Å². The lowest BCUT2D eigenvalue weighted by Crippen LogP contribution is -2.24. The Bertz CT molecular complexity index is 434. The van der Waals surface area contributed by atoms with Crippen molar-refractivity contribution < 1.29 is 0 Å². The number of rotatable bonds is 2. The van der Waals surface area contributed by atoms with Crippen molar-refractivity contribution in [3.63, 3.8) is 0 Å². The highest BCUT2D eigenvalue weighted by atomic mass is 15.0. The summed E-state index contributed by atoms with van der Waals surface area (Å²) in [6.45, 7) is 0. The molecule has 0 fully saturated rings. The minimum atomic E-state index is -0.136. The summed E-state index contributed by atoms with van der Waals surface area (Å²) in [4.78, 5) is 4.28. The monoisotopic (exact) mass is 187 g/mol. The van der Waals surface area contributed by atoms with Gasteiger partial charge < -0.3 is 11.1 Å². The van der Waals surface area contributed by atoms with Crippen LogP contribution in [0.2, 0.25) is 0 Å². The van der Waals surface area contributed by atoms with Gasteiger partial charge in [0.05, 0.1) is 11.7 Å². The third-order valence-electron chi connectivity index (χ3n) is 2.33. The predicted octanol–water partition coefficient (Wildman–Crippen LogP) is 1.41. The van der Waals surface area contributed by atoms with Crippen LogP contribution in [0, 0.1) is 0 Å². The van der Waals surface area contributed by atoms with E-state index in [1.54, 1.807) is 6.20 Å². The molecule has 0 saturated heterocycles. The maximum Gasteiger partial charge on any atom is 0.0814 e. The third kappa shape index (κ3) is 1.47. The molecule has 0 bridgehead atoms. The molecular formula is C11H13N3. The maximum absolute atomic E-state index is 5.92. The molecule has 3 N–H and O–H groups in total. The molecular weight excluding hydrogens is 174 g/mol. The zero-order valence-corrected chi connectivity index (χ0v) is 8.07. The fourth-order valence-corrected chi connectivity index (χ4v) is 1.55. The van der Waals surface area contributed by atoms with Gasteiger partial charge in [-0.15, -0.1) is 0 Å². The van der Waals surface area contributed by atoms with Crippen molar-refractivity contribution in [1.29, 1.82) is 0 Å². The Morgan fingerprint density at radius 2 is 2.14 bits per heavy atom. The first-order valence-corrected chi connectivity index (χ1v) is 4.59. The summed E-state index contributed by atoms with van der Waals surface area (Å²) < 4.78 is 0. The van der Waals surface area contributed by atoms with Crippen molar-refractivity contribution in [1.82, 2.24) is 10.3 Å². The van der Waals surface area contributed by atoms with E-state index < -0.39 is 0 Å². The lowest BCUT2D eigenvalue weighted by molar-refractivity contribution is 0.627.